The minimum Gasteiger partial charge on any atom is -0.236 e. The lowest BCUT2D eigenvalue weighted by Crippen LogP contribution is -2.44. The number of nitrogens with zero attached hydrogens (tertiary/aromatic N) is 3. The molecule has 0 aromatic carbocycles. The fourth-order valence-electron chi connectivity index (χ4n) is 2.19. The highest BCUT2D eigenvalue weighted by Crippen LogP contribution is 2.35. The maximum absolute atomic E-state index is 12.6. The van der Waals surface area contributed by atoms with Gasteiger partial charge in [0, 0.05) is 38.5 Å². The third-order valence-electron chi connectivity index (χ3n) is 3.33. The van der Waals surface area contributed by atoms with Crippen molar-refractivity contribution in [2.75, 3.05) is 27.2 Å². The molecule has 1 atom stereocenters. The van der Waals surface area contributed by atoms with Crippen LogP contribution in [0, 0.1) is 0 Å². The molecule has 0 aliphatic carbocycles. The Bertz CT molecular complexity index is 598. The Morgan fingerprint density at radius 2 is 2.10 bits per heavy atom. The number of halogens is 3. The number of hydrogen-bond donors (Lipinski definition) is 0. The number of aromatic nitrogens is 1. The summed E-state index contributed by atoms with van der Waals surface area (Å²) >= 11 is 0.938. The van der Waals surface area contributed by atoms with Crippen LogP contribution in [-0.2, 0) is 16.4 Å². The number of piperidine rings is 1. The first-order chi connectivity index (χ1) is 9.62. The summed E-state index contributed by atoms with van der Waals surface area (Å²) in [6.07, 6.45) is -3.21. The third kappa shape index (κ3) is 3.55. The van der Waals surface area contributed by atoms with Crippen LogP contribution in [0.2, 0.25) is 0 Å². The maximum atomic E-state index is 12.6. The van der Waals surface area contributed by atoms with Crippen LogP contribution in [0.1, 0.15) is 29.5 Å². The molecular weight excluding hydrogens is 327 g/mol. The second kappa shape index (κ2) is 5.82. The summed E-state index contributed by atoms with van der Waals surface area (Å²) in [4.78, 5) is 3.62. The van der Waals surface area contributed by atoms with E-state index in [-0.39, 0.29) is 12.5 Å². The van der Waals surface area contributed by atoms with Crippen LogP contribution in [-0.4, -0.2) is 49.2 Å². The average molecular weight is 343 g/mol. The lowest BCUT2D eigenvalue weighted by atomic mass is 10.0. The van der Waals surface area contributed by atoms with Crippen molar-refractivity contribution in [2.24, 2.45) is 0 Å². The lowest BCUT2D eigenvalue weighted by molar-refractivity contribution is -0.140. The smallest absolute Gasteiger partial charge is 0.236 e. The molecule has 1 fully saturated rings. The third-order valence-corrected chi connectivity index (χ3v) is 6.25. The number of alkyl halides is 3. The molecule has 2 heterocycles. The summed E-state index contributed by atoms with van der Waals surface area (Å²) < 4.78 is 64.3. The number of thiazole rings is 1. The van der Waals surface area contributed by atoms with Crippen LogP contribution in [0.4, 0.5) is 13.2 Å². The van der Waals surface area contributed by atoms with Crippen molar-refractivity contribution < 1.29 is 21.6 Å². The van der Waals surface area contributed by atoms with Gasteiger partial charge in [-0.25, -0.2) is 4.98 Å². The Morgan fingerprint density at radius 1 is 1.43 bits per heavy atom. The van der Waals surface area contributed by atoms with Crippen LogP contribution < -0.4 is 0 Å². The van der Waals surface area contributed by atoms with Crippen LogP contribution in [0.5, 0.6) is 0 Å². The Balaban J connectivity index is 2.17. The van der Waals surface area contributed by atoms with Gasteiger partial charge in [-0.15, -0.1) is 11.3 Å². The first-order valence-corrected chi connectivity index (χ1v) is 8.60. The van der Waals surface area contributed by atoms with Gasteiger partial charge in [0.2, 0.25) is 0 Å². The van der Waals surface area contributed by atoms with E-state index in [0.29, 0.717) is 24.4 Å². The Labute approximate surface area is 125 Å². The predicted octanol–water partition coefficient (Wildman–Crippen LogP) is 2.15. The molecule has 5 nitrogen and oxygen atoms in total. The predicted molar refractivity (Wildman–Crippen MR) is 73.3 cm³/mol. The van der Waals surface area contributed by atoms with E-state index >= 15 is 0 Å². The van der Waals surface area contributed by atoms with Gasteiger partial charge < -0.3 is 0 Å². The lowest BCUT2D eigenvalue weighted by Gasteiger charge is -2.32. The van der Waals surface area contributed by atoms with E-state index < -0.39 is 22.1 Å². The number of rotatable bonds is 3. The molecule has 0 amide bonds. The molecule has 0 spiro atoms. The van der Waals surface area contributed by atoms with Crippen molar-refractivity contribution in [3.8, 4) is 0 Å². The Hall–Kier alpha value is -0.710. The standard InChI is InChI=1S/C11H16F3N3O2S2/c1-16(2)21(18,19)17-5-3-4-8(6-17)10-15-9(7-20-10)11(12,13)14/h7-8H,3-6H2,1-2H3. The molecule has 1 aromatic rings. The van der Waals surface area contributed by atoms with Gasteiger partial charge in [0.25, 0.3) is 10.2 Å². The van der Waals surface area contributed by atoms with Gasteiger partial charge in [-0.1, -0.05) is 0 Å². The van der Waals surface area contributed by atoms with Gasteiger partial charge in [-0.3, -0.25) is 0 Å². The second-order valence-electron chi connectivity index (χ2n) is 5.06. The normalized spacial score (nSPS) is 21.9. The van der Waals surface area contributed by atoms with Gasteiger partial charge in [0.1, 0.15) is 0 Å². The van der Waals surface area contributed by atoms with Crippen molar-refractivity contribution >= 4 is 21.5 Å². The highest BCUT2D eigenvalue weighted by Gasteiger charge is 2.36. The van der Waals surface area contributed by atoms with Crippen molar-refractivity contribution in [3.05, 3.63) is 16.1 Å². The maximum Gasteiger partial charge on any atom is 0.434 e. The SMILES string of the molecule is CN(C)S(=O)(=O)N1CCCC(c2nc(C(F)(F)F)cs2)C1. The molecule has 0 saturated carbocycles. The first kappa shape index (κ1) is 16.7. The zero-order valence-electron chi connectivity index (χ0n) is 11.6. The van der Waals surface area contributed by atoms with Gasteiger partial charge in [0.15, 0.2) is 5.69 Å². The Kier molecular flexibility index (Phi) is 4.62. The zero-order valence-corrected chi connectivity index (χ0v) is 13.2. The van der Waals surface area contributed by atoms with E-state index in [9.17, 15) is 21.6 Å². The molecule has 120 valence electrons. The molecule has 1 saturated heterocycles. The van der Waals surface area contributed by atoms with E-state index in [4.69, 9.17) is 0 Å². The van der Waals surface area contributed by atoms with Gasteiger partial charge in [-0.2, -0.15) is 30.2 Å². The summed E-state index contributed by atoms with van der Waals surface area (Å²) in [7, 11) is -0.672. The summed E-state index contributed by atoms with van der Waals surface area (Å²) in [6, 6.07) is 0. The van der Waals surface area contributed by atoms with Crippen LogP contribution >= 0.6 is 11.3 Å². The quantitative estimate of drug-likeness (QED) is 0.845. The summed E-state index contributed by atoms with van der Waals surface area (Å²) in [6.45, 7) is 0.555. The van der Waals surface area contributed by atoms with E-state index in [1.807, 2.05) is 0 Å². The molecule has 1 aromatic heterocycles. The van der Waals surface area contributed by atoms with Crippen molar-refractivity contribution in [1.29, 1.82) is 0 Å². The summed E-state index contributed by atoms with van der Waals surface area (Å²) in [5.41, 5.74) is -0.907. The average Bonchev–Trinajstić information content (AvgIpc) is 2.88. The topological polar surface area (TPSA) is 53.5 Å². The molecule has 1 aliphatic heterocycles. The molecular formula is C11H16F3N3O2S2. The highest BCUT2D eigenvalue weighted by molar-refractivity contribution is 7.86. The molecule has 0 N–H and O–H groups in total. The number of hydrogen-bond acceptors (Lipinski definition) is 4. The fraction of sp³-hybridized carbons (Fsp3) is 0.727. The minimum absolute atomic E-state index is 0.172. The van der Waals surface area contributed by atoms with Gasteiger partial charge >= 0.3 is 6.18 Å². The molecule has 0 bridgehead atoms. The van der Waals surface area contributed by atoms with E-state index in [1.165, 1.54) is 18.4 Å². The second-order valence-corrected chi connectivity index (χ2v) is 8.09. The van der Waals surface area contributed by atoms with Crippen LogP contribution in [0.3, 0.4) is 0 Å². The molecule has 2 rings (SSSR count). The Morgan fingerprint density at radius 3 is 2.62 bits per heavy atom. The summed E-state index contributed by atoms with van der Waals surface area (Å²) in [5.74, 6) is -0.283. The highest BCUT2D eigenvalue weighted by atomic mass is 32.2. The van der Waals surface area contributed by atoms with Gasteiger partial charge in [0.05, 0.1) is 5.01 Å². The monoisotopic (exact) mass is 343 g/mol. The molecule has 10 heteroatoms. The molecule has 0 radical (unpaired) electrons. The van der Waals surface area contributed by atoms with Crippen molar-refractivity contribution in [1.82, 2.24) is 13.6 Å². The molecule has 1 unspecified atom stereocenters. The van der Waals surface area contributed by atoms with Crippen molar-refractivity contribution in [3.63, 3.8) is 0 Å². The van der Waals surface area contributed by atoms with Crippen LogP contribution in [0.25, 0.3) is 0 Å². The minimum atomic E-state index is -4.46. The fourth-order valence-corrected chi connectivity index (χ4v) is 4.33. The van der Waals surface area contributed by atoms with E-state index in [2.05, 4.69) is 4.98 Å². The first-order valence-electron chi connectivity index (χ1n) is 6.32. The van der Waals surface area contributed by atoms with E-state index in [1.54, 1.807) is 0 Å². The zero-order chi connectivity index (χ0) is 15.8. The van der Waals surface area contributed by atoms with E-state index in [0.717, 1.165) is 21.0 Å². The van der Waals surface area contributed by atoms with Gasteiger partial charge in [-0.05, 0) is 12.8 Å². The van der Waals surface area contributed by atoms with Crippen molar-refractivity contribution in [2.45, 2.75) is 24.9 Å². The largest absolute Gasteiger partial charge is 0.434 e. The molecule has 1 aliphatic rings. The van der Waals surface area contributed by atoms with Crippen LogP contribution in [0.15, 0.2) is 5.38 Å². The summed E-state index contributed by atoms with van der Waals surface area (Å²) in [5, 5.41) is 1.33. The molecule has 21 heavy (non-hydrogen) atoms.